The summed E-state index contributed by atoms with van der Waals surface area (Å²) in [5.74, 6) is -1.19. The van der Waals surface area contributed by atoms with E-state index >= 15 is 0 Å². The SMILES string of the molecule is O=C(NC1(CC(=O)N2CCCC[C@@H]2C(=O)O)CCC1)OCC1c2ccccc2-c2ccccc21. The molecule has 0 aromatic heterocycles. The van der Waals surface area contributed by atoms with Gasteiger partial charge in [0.25, 0.3) is 0 Å². The Bertz CT molecular complexity index is 1060. The number of hydrogen-bond donors (Lipinski definition) is 2. The summed E-state index contributed by atoms with van der Waals surface area (Å²) in [5, 5.41) is 12.5. The molecule has 1 aliphatic heterocycles. The van der Waals surface area contributed by atoms with Crippen molar-refractivity contribution in [1.82, 2.24) is 10.2 Å². The third-order valence-corrected chi connectivity index (χ3v) is 7.62. The number of carbonyl (C=O) groups is 3. The maximum atomic E-state index is 13.0. The molecule has 2 fully saturated rings. The molecular formula is C27H30N2O5. The Hall–Kier alpha value is -3.35. The van der Waals surface area contributed by atoms with Gasteiger partial charge in [0, 0.05) is 12.5 Å². The Kier molecular flexibility index (Phi) is 6.02. The summed E-state index contributed by atoms with van der Waals surface area (Å²) in [7, 11) is 0. The van der Waals surface area contributed by atoms with Crippen LogP contribution >= 0.6 is 0 Å². The number of amides is 2. The lowest BCUT2D eigenvalue weighted by Gasteiger charge is -2.43. The molecule has 1 heterocycles. The maximum Gasteiger partial charge on any atom is 0.407 e. The number of piperidine rings is 1. The molecule has 7 heteroatoms. The van der Waals surface area contributed by atoms with Gasteiger partial charge >= 0.3 is 12.1 Å². The fraction of sp³-hybridized carbons (Fsp3) is 0.444. The standard InChI is InChI=1S/C27H30N2O5/c30-24(29-15-6-5-12-23(29)25(31)32)16-27(13-7-14-27)28-26(33)34-17-22-20-10-3-1-8-18(20)19-9-2-4-11-21(19)22/h1-4,8-11,22-23H,5-7,12-17H2,(H,28,33)(H,31,32)/t23-/m1/s1. The van der Waals surface area contributed by atoms with Gasteiger partial charge in [-0.2, -0.15) is 0 Å². The summed E-state index contributed by atoms with van der Waals surface area (Å²) in [5.41, 5.74) is 3.98. The Morgan fingerprint density at radius 2 is 1.62 bits per heavy atom. The van der Waals surface area contributed by atoms with Gasteiger partial charge in [-0.05, 0) is 60.8 Å². The number of aliphatic carboxylic acids is 1. The van der Waals surface area contributed by atoms with Crippen molar-refractivity contribution in [3.63, 3.8) is 0 Å². The Labute approximate surface area is 199 Å². The van der Waals surface area contributed by atoms with Crippen LogP contribution in [0.1, 0.15) is 62.0 Å². The van der Waals surface area contributed by atoms with Gasteiger partial charge < -0.3 is 20.1 Å². The Morgan fingerprint density at radius 1 is 0.971 bits per heavy atom. The Morgan fingerprint density at radius 3 is 2.21 bits per heavy atom. The molecule has 2 N–H and O–H groups in total. The van der Waals surface area contributed by atoms with Crippen molar-refractivity contribution in [1.29, 1.82) is 0 Å². The first-order valence-electron chi connectivity index (χ1n) is 12.1. The average Bonchev–Trinajstić information content (AvgIpc) is 3.15. The summed E-state index contributed by atoms with van der Waals surface area (Å²) < 4.78 is 5.69. The lowest BCUT2D eigenvalue weighted by molar-refractivity contribution is -0.153. The van der Waals surface area contributed by atoms with E-state index in [2.05, 4.69) is 29.6 Å². The van der Waals surface area contributed by atoms with E-state index in [1.54, 1.807) is 0 Å². The minimum absolute atomic E-state index is 0.0261. The van der Waals surface area contributed by atoms with Crippen LogP contribution in [-0.2, 0) is 14.3 Å². The predicted octanol–water partition coefficient (Wildman–Crippen LogP) is 4.30. The summed E-state index contributed by atoms with van der Waals surface area (Å²) in [6.07, 6.45) is 3.98. The quantitative estimate of drug-likeness (QED) is 0.667. The van der Waals surface area contributed by atoms with E-state index in [0.29, 0.717) is 25.8 Å². The molecule has 2 amide bonds. The molecule has 2 aromatic rings. The zero-order chi connectivity index (χ0) is 23.7. The largest absolute Gasteiger partial charge is 0.480 e. The number of carbonyl (C=O) groups excluding carboxylic acids is 2. The van der Waals surface area contributed by atoms with Crippen molar-refractivity contribution in [3.8, 4) is 11.1 Å². The van der Waals surface area contributed by atoms with Gasteiger partial charge in [0.05, 0.1) is 12.0 Å². The van der Waals surface area contributed by atoms with Crippen LogP contribution in [0.15, 0.2) is 48.5 Å². The molecule has 2 aromatic carbocycles. The molecule has 5 rings (SSSR count). The van der Waals surface area contributed by atoms with Gasteiger partial charge in [0.1, 0.15) is 12.6 Å². The lowest BCUT2D eigenvalue weighted by Crippen LogP contribution is -2.58. The van der Waals surface area contributed by atoms with E-state index < -0.39 is 23.6 Å². The van der Waals surface area contributed by atoms with Gasteiger partial charge in [-0.1, -0.05) is 48.5 Å². The monoisotopic (exact) mass is 462 g/mol. The van der Waals surface area contributed by atoms with E-state index in [9.17, 15) is 19.5 Å². The van der Waals surface area contributed by atoms with E-state index in [4.69, 9.17) is 4.74 Å². The highest BCUT2D eigenvalue weighted by Crippen LogP contribution is 2.44. The fourth-order valence-electron chi connectivity index (χ4n) is 5.68. The normalized spacial score (nSPS) is 20.6. The molecular weight excluding hydrogens is 432 g/mol. The van der Waals surface area contributed by atoms with Crippen LogP contribution in [0.25, 0.3) is 11.1 Å². The van der Waals surface area contributed by atoms with Gasteiger partial charge in [0.2, 0.25) is 5.91 Å². The van der Waals surface area contributed by atoms with Crippen LogP contribution < -0.4 is 5.32 Å². The van der Waals surface area contributed by atoms with Crippen LogP contribution in [0.2, 0.25) is 0 Å². The number of hydrogen-bond acceptors (Lipinski definition) is 4. The van der Waals surface area contributed by atoms with Crippen molar-refractivity contribution in [2.45, 2.75) is 62.4 Å². The van der Waals surface area contributed by atoms with E-state index in [-0.39, 0.29) is 24.9 Å². The molecule has 1 saturated carbocycles. The number of alkyl carbamates (subject to hydrolysis) is 1. The van der Waals surface area contributed by atoms with Crippen LogP contribution in [-0.4, -0.2) is 52.7 Å². The summed E-state index contributed by atoms with van der Waals surface area (Å²) in [6, 6.07) is 15.6. The van der Waals surface area contributed by atoms with Crippen LogP contribution in [0.4, 0.5) is 4.79 Å². The number of ether oxygens (including phenoxy) is 1. The smallest absolute Gasteiger partial charge is 0.407 e. The minimum Gasteiger partial charge on any atom is -0.480 e. The summed E-state index contributed by atoms with van der Waals surface area (Å²) in [4.78, 5) is 38.9. The number of rotatable bonds is 6. The summed E-state index contributed by atoms with van der Waals surface area (Å²) in [6.45, 7) is 0.675. The number of carboxylic acids is 1. The number of benzene rings is 2. The highest BCUT2D eigenvalue weighted by molar-refractivity contribution is 5.85. The third-order valence-electron chi connectivity index (χ3n) is 7.62. The van der Waals surface area contributed by atoms with Crippen molar-refractivity contribution >= 4 is 18.0 Å². The van der Waals surface area contributed by atoms with Gasteiger partial charge in [-0.15, -0.1) is 0 Å². The van der Waals surface area contributed by atoms with Gasteiger partial charge in [-0.3, -0.25) is 4.79 Å². The molecule has 0 unspecified atom stereocenters. The maximum absolute atomic E-state index is 13.0. The number of likely N-dealkylation sites (tertiary alicyclic amines) is 1. The molecule has 1 saturated heterocycles. The van der Waals surface area contributed by atoms with E-state index in [0.717, 1.165) is 30.4 Å². The molecule has 1 atom stereocenters. The van der Waals surface area contributed by atoms with Crippen molar-refractivity contribution in [3.05, 3.63) is 59.7 Å². The van der Waals surface area contributed by atoms with E-state index in [1.807, 2.05) is 24.3 Å². The minimum atomic E-state index is -0.958. The molecule has 34 heavy (non-hydrogen) atoms. The lowest BCUT2D eigenvalue weighted by atomic mass is 9.74. The molecule has 0 bridgehead atoms. The first kappa shape index (κ1) is 22.4. The topological polar surface area (TPSA) is 95.9 Å². The first-order valence-corrected chi connectivity index (χ1v) is 12.1. The molecule has 178 valence electrons. The van der Waals surface area contributed by atoms with Gasteiger partial charge in [-0.25, -0.2) is 9.59 Å². The number of fused-ring (bicyclic) bond motifs is 3. The van der Waals surface area contributed by atoms with Crippen LogP contribution in [0.3, 0.4) is 0 Å². The fourth-order valence-corrected chi connectivity index (χ4v) is 5.68. The van der Waals surface area contributed by atoms with Crippen LogP contribution in [0, 0.1) is 0 Å². The zero-order valence-electron chi connectivity index (χ0n) is 19.2. The third kappa shape index (κ3) is 4.15. The Balaban J connectivity index is 1.23. The highest BCUT2D eigenvalue weighted by Gasteiger charge is 2.43. The average molecular weight is 463 g/mol. The second-order valence-corrected chi connectivity index (χ2v) is 9.70. The van der Waals surface area contributed by atoms with E-state index in [1.165, 1.54) is 16.0 Å². The van der Waals surface area contributed by atoms with Crippen molar-refractivity contribution in [2.75, 3.05) is 13.2 Å². The molecule has 7 nitrogen and oxygen atoms in total. The number of nitrogens with one attached hydrogen (secondary N) is 1. The molecule has 0 spiro atoms. The second kappa shape index (κ2) is 9.12. The number of carboxylic acid groups (broad SMARTS) is 1. The van der Waals surface area contributed by atoms with Gasteiger partial charge in [0.15, 0.2) is 0 Å². The van der Waals surface area contributed by atoms with Crippen molar-refractivity contribution in [2.24, 2.45) is 0 Å². The molecule has 0 radical (unpaired) electrons. The molecule has 3 aliphatic rings. The van der Waals surface area contributed by atoms with Crippen LogP contribution in [0.5, 0.6) is 0 Å². The number of nitrogens with zero attached hydrogens (tertiary/aromatic N) is 1. The van der Waals surface area contributed by atoms with Crippen molar-refractivity contribution < 1.29 is 24.2 Å². The second-order valence-electron chi connectivity index (χ2n) is 9.70. The first-order chi connectivity index (χ1) is 16.5. The molecule has 2 aliphatic carbocycles. The zero-order valence-corrected chi connectivity index (χ0v) is 19.2. The predicted molar refractivity (Wildman–Crippen MR) is 126 cm³/mol. The summed E-state index contributed by atoms with van der Waals surface area (Å²) >= 11 is 0. The highest BCUT2D eigenvalue weighted by atomic mass is 16.5.